The van der Waals surface area contributed by atoms with Gasteiger partial charge in [-0.3, -0.25) is 0 Å². The molecule has 0 bridgehead atoms. The monoisotopic (exact) mass is 371 g/mol. The van der Waals surface area contributed by atoms with Gasteiger partial charge in [-0.1, -0.05) is 42.5 Å². The molecule has 0 aliphatic carbocycles. The maximum Gasteiger partial charge on any atom is 0.239 e. The number of methoxy groups -OCH3 is 1. The highest BCUT2D eigenvalue weighted by molar-refractivity contribution is 5.79. The Labute approximate surface area is 163 Å². The van der Waals surface area contributed by atoms with E-state index in [4.69, 9.17) is 14.1 Å². The first-order chi connectivity index (χ1) is 13.7. The fourth-order valence-electron chi connectivity index (χ4n) is 3.89. The first-order valence-electron chi connectivity index (χ1n) is 9.31. The second kappa shape index (κ2) is 6.60. The summed E-state index contributed by atoms with van der Waals surface area (Å²) in [4.78, 5) is 9.35. The molecule has 5 rings (SSSR count). The quantitative estimate of drug-likeness (QED) is 0.505. The molecule has 0 radical (unpaired) electrons. The van der Waals surface area contributed by atoms with E-state index in [9.17, 15) is 0 Å². The number of rotatable bonds is 4. The van der Waals surface area contributed by atoms with Crippen molar-refractivity contribution < 1.29 is 9.15 Å². The third-order valence-corrected chi connectivity index (χ3v) is 5.26. The van der Waals surface area contributed by atoms with Crippen LogP contribution in [-0.2, 0) is 6.54 Å². The number of nitrogens with zero attached hydrogens (tertiary/aromatic N) is 3. The molecule has 1 aliphatic heterocycles. The van der Waals surface area contributed by atoms with Crippen LogP contribution in [0.2, 0.25) is 0 Å². The molecule has 5 nitrogen and oxygen atoms in total. The van der Waals surface area contributed by atoms with E-state index in [2.05, 4.69) is 65.4 Å². The van der Waals surface area contributed by atoms with Crippen LogP contribution in [-0.4, -0.2) is 19.1 Å². The number of oxazole rings is 1. The van der Waals surface area contributed by atoms with Crippen LogP contribution < -0.4 is 14.5 Å². The van der Waals surface area contributed by atoms with Gasteiger partial charge in [0.2, 0.25) is 5.89 Å². The fraction of sp³-hybridized carbons (Fsp3) is 0.174. The molecule has 1 aromatic heterocycles. The Kier molecular flexibility index (Phi) is 3.93. The van der Waals surface area contributed by atoms with Crippen molar-refractivity contribution >= 4 is 22.5 Å². The van der Waals surface area contributed by atoms with Gasteiger partial charge in [-0.2, -0.15) is 0 Å². The second-order valence-electron chi connectivity index (χ2n) is 6.97. The third-order valence-electron chi connectivity index (χ3n) is 5.26. The molecule has 0 fully saturated rings. The number of hydrogen-bond acceptors (Lipinski definition) is 5. The van der Waals surface area contributed by atoms with Gasteiger partial charge >= 0.3 is 0 Å². The Morgan fingerprint density at radius 2 is 1.71 bits per heavy atom. The third kappa shape index (κ3) is 2.67. The number of benzene rings is 3. The normalized spacial score (nSPS) is 15.9. The molecule has 2 heterocycles. The molecule has 0 saturated heterocycles. The summed E-state index contributed by atoms with van der Waals surface area (Å²) in [6, 6.07) is 24.6. The summed E-state index contributed by atoms with van der Waals surface area (Å²) in [5, 5.41) is 0. The van der Waals surface area contributed by atoms with Gasteiger partial charge in [-0.05, 0) is 29.8 Å². The first-order valence-corrected chi connectivity index (χ1v) is 9.31. The summed E-state index contributed by atoms with van der Waals surface area (Å²) in [7, 11) is 3.74. The van der Waals surface area contributed by atoms with Gasteiger partial charge < -0.3 is 19.0 Å². The van der Waals surface area contributed by atoms with E-state index in [1.165, 1.54) is 16.9 Å². The molecule has 1 unspecified atom stereocenters. The summed E-state index contributed by atoms with van der Waals surface area (Å²) < 4.78 is 11.5. The van der Waals surface area contributed by atoms with E-state index in [1.807, 2.05) is 24.3 Å². The molecule has 140 valence electrons. The molecule has 0 N–H and O–H groups in total. The van der Waals surface area contributed by atoms with Crippen molar-refractivity contribution in [2.75, 3.05) is 24.0 Å². The van der Waals surface area contributed by atoms with Crippen molar-refractivity contribution in [3.63, 3.8) is 0 Å². The molecule has 0 amide bonds. The van der Waals surface area contributed by atoms with Crippen LogP contribution >= 0.6 is 0 Å². The number of para-hydroxylation sites is 2. The highest BCUT2D eigenvalue weighted by Crippen LogP contribution is 2.46. The van der Waals surface area contributed by atoms with E-state index in [0.29, 0.717) is 5.89 Å². The lowest BCUT2D eigenvalue weighted by molar-refractivity contribution is 0.413. The van der Waals surface area contributed by atoms with E-state index in [0.717, 1.165) is 23.4 Å². The van der Waals surface area contributed by atoms with Gasteiger partial charge in [0.25, 0.3) is 0 Å². The summed E-state index contributed by atoms with van der Waals surface area (Å²) in [6.07, 6.45) is -0.115. The van der Waals surface area contributed by atoms with Gasteiger partial charge in [0, 0.05) is 19.7 Å². The zero-order valence-electron chi connectivity index (χ0n) is 15.9. The van der Waals surface area contributed by atoms with Crippen molar-refractivity contribution in [1.82, 2.24) is 4.98 Å². The van der Waals surface area contributed by atoms with Gasteiger partial charge in [-0.15, -0.1) is 0 Å². The van der Waals surface area contributed by atoms with Crippen molar-refractivity contribution in [1.29, 1.82) is 0 Å². The van der Waals surface area contributed by atoms with Crippen LogP contribution in [0.15, 0.2) is 77.2 Å². The van der Waals surface area contributed by atoms with Gasteiger partial charge in [-0.25, -0.2) is 4.98 Å². The minimum atomic E-state index is -0.115. The number of aromatic nitrogens is 1. The lowest BCUT2D eigenvalue weighted by Crippen LogP contribution is -2.33. The van der Waals surface area contributed by atoms with Crippen molar-refractivity contribution in [2.24, 2.45) is 0 Å². The largest absolute Gasteiger partial charge is 0.497 e. The molecule has 5 heteroatoms. The predicted molar refractivity (Wildman–Crippen MR) is 111 cm³/mol. The summed E-state index contributed by atoms with van der Waals surface area (Å²) >= 11 is 0. The SMILES string of the molecule is COc1ccc2nc(C3N(C)c4ccccc4N3Cc3ccccc3)oc2c1. The number of anilines is 2. The van der Waals surface area contributed by atoms with Gasteiger partial charge in [0.05, 0.1) is 18.5 Å². The molecule has 0 saturated carbocycles. The highest BCUT2D eigenvalue weighted by atomic mass is 16.5. The zero-order valence-corrected chi connectivity index (χ0v) is 15.9. The van der Waals surface area contributed by atoms with Crippen LogP contribution in [0.3, 0.4) is 0 Å². The molecule has 1 aliphatic rings. The minimum absolute atomic E-state index is 0.115. The maximum absolute atomic E-state index is 6.19. The van der Waals surface area contributed by atoms with Crippen LogP contribution in [0, 0.1) is 0 Å². The Morgan fingerprint density at radius 1 is 0.964 bits per heavy atom. The lowest BCUT2D eigenvalue weighted by atomic mass is 10.2. The molecule has 4 aromatic rings. The van der Waals surface area contributed by atoms with Crippen molar-refractivity contribution in [3.05, 3.63) is 84.3 Å². The molecular formula is C23H21N3O2. The fourth-order valence-corrected chi connectivity index (χ4v) is 3.89. The lowest BCUT2D eigenvalue weighted by Gasteiger charge is -2.28. The maximum atomic E-state index is 6.19. The van der Waals surface area contributed by atoms with E-state index >= 15 is 0 Å². The molecular weight excluding hydrogens is 350 g/mol. The molecule has 3 aromatic carbocycles. The standard InChI is InChI=1S/C23H21N3O2/c1-25-19-10-6-7-11-20(19)26(15-16-8-4-3-5-9-16)23(25)22-24-18-13-12-17(27-2)14-21(18)28-22/h3-14,23H,15H2,1-2H3. The summed E-state index contributed by atoms with van der Waals surface area (Å²) in [6.45, 7) is 0.773. The number of ether oxygens (including phenoxy) is 1. The van der Waals surface area contributed by atoms with E-state index < -0.39 is 0 Å². The Morgan fingerprint density at radius 3 is 2.50 bits per heavy atom. The van der Waals surface area contributed by atoms with E-state index in [-0.39, 0.29) is 6.17 Å². The molecule has 1 atom stereocenters. The Hall–Kier alpha value is -3.47. The Bertz CT molecular complexity index is 1120. The Balaban J connectivity index is 1.60. The molecule has 0 spiro atoms. The molecule has 28 heavy (non-hydrogen) atoms. The number of fused-ring (bicyclic) bond motifs is 2. The number of hydrogen-bond donors (Lipinski definition) is 0. The van der Waals surface area contributed by atoms with Crippen LogP contribution in [0.4, 0.5) is 11.4 Å². The zero-order chi connectivity index (χ0) is 19.1. The van der Waals surface area contributed by atoms with Crippen LogP contribution in [0.1, 0.15) is 17.6 Å². The van der Waals surface area contributed by atoms with E-state index in [1.54, 1.807) is 7.11 Å². The van der Waals surface area contributed by atoms with Crippen LogP contribution in [0.5, 0.6) is 5.75 Å². The predicted octanol–water partition coefficient (Wildman–Crippen LogP) is 4.99. The second-order valence-corrected chi connectivity index (χ2v) is 6.97. The highest BCUT2D eigenvalue weighted by Gasteiger charge is 2.37. The topological polar surface area (TPSA) is 41.7 Å². The van der Waals surface area contributed by atoms with Crippen molar-refractivity contribution in [2.45, 2.75) is 12.7 Å². The summed E-state index contributed by atoms with van der Waals surface area (Å²) in [5.41, 5.74) is 5.16. The smallest absolute Gasteiger partial charge is 0.239 e. The average molecular weight is 371 g/mol. The van der Waals surface area contributed by atoms with Crippen molar-refractivity contribution in [3.8, 4) is 5.75 Å². The first kappa shape index (κ1) is 16.7. The van der Waals surface area contributed by atoms with Gasteiger partial charge in [0.1, 0.15) is 11.3 Å². The van der Waals surface area contributed by atoms with Gasteiger partial charge in [0.15, 0.2) is 11.7 Å². The minimum Gasteiger partial charge on any atom is -0.497 e. The van der Waals surface area contributed by atoms with Crippen LogP contribution in [0.25, 0.3) is 11.1 Å². The average Bonchev–Trinajstić information content (AvgIpc) is 3.27. The summed E-state index contributed by atoms with van der Waals surface area (Å²) in [5.74, 6) is 1.44.